The third kappa shape index (κ3) is 5.84. The first-order chi connectivity index (χ1) is 15.3. The van der Waals surface area contributed by atoms with Gasteiger partial charge in [0, 0.05) is 12.6 Å². The minimum absolute atomic E-state index is 0.124. The molecule has 1 N–H and O–H groups in total. The summed E-state index contributed by atoms with van der Waals surface area (Å²) in [6.45, 7) is 12.3. The number of anilines is 1. The summed E-state index contributed by atoms with van der Waals surface area (Å²) in [6, 6.07) is 14.8. The molecule has 32 heavy (non-hydrogen) atoms. The van der Waals surface area contributed by atoms with E-state index >= 15 is 0 Å². The Kier molecular flexibility index (Phi) is 6.77. The van der Waals surface area contributed by atoms with Gasteiger partial charge in [0.2, 0.25) is 5.91 Å². The van der Waals surface area contributed by atoms with Gasteiger partial charge in [-0.05, 0) is 72.2 Å². The van der Waals surface area contributed by atoms with E-state index in [1.165, 1.54) is 48.4 Å². The molecule has 0 bridgehead atoms. The number of amides is 1. The number of piperidine rings is 1. The molecule has 4 rings (SSSR count). The highest BCUT2D eigenvalue weighted by atomic mass is 32.1. The lowest BCUT2D eigenvalue weighted by Crippen LogP contribution is -2.32. The molecule has 0 radical (unpaired) electrons. The molecule has 1 aromatic heterocycles. The van der Waals surface area contributed by atoms with Crippen LogP contribution in [0.3, 0.4) is 0 Å². The molecule has 1 fully saturated rings. The molecule has 0 atom stereocenters. The zero-order chi connectivity index (χ0) is 22.7. The Labute approximate surface area is 195 Å². The van der Waals surface area contributed by atoms with E-state index in [4.69, 9.17) is 0 Å². The van der Waals surface area contributed by atoms with E-state index < -0.39 is 0 Å². The molecule has 2 aromatic carbocycles. The average Bonchev–Trinajstić information content (AvgIpc) is 3.15. The molecular weight excluding hydrogens is 414 g/mol. The van der Waals surface area contributed by atoms with Gasteiger partial charge < -0.3 is 0 Å². The number of thiazole rings is 1. The first-order valence-corrected chi connectivity index (χ1v) is 12.3. The Morgan fingerprint density at radius 3 is 2.56 bits per heavy atom. The maximum atomic E-state index is 12.4. The van der Waals surface area contributed by atoms with Gasteiger partial charge in [-0.2, -0.15) is 0 Å². The maximum absolute atomic E-state index is 12.4. The van der Waals surface area contributed by atoms with Crippen LogP contribution in [0.2, 0.25) is 0 Å². The molecule has 1 aliphatic heterocycles. The van der Waals surface area contributed by atoms with Crippen molar-refractivity contribution in [3.05, 3.63) is 65.2 Å². The molecule has 0 unspecified atom stereocenters. The average molecular weight is 448 g/mol. The predicted octanol–water partition coefficient (Wildman–Crippen LogP) is 6.48. The lowest BCUT2D eigenvalue weighted by atomic mass is 9.87. The van der Waals surface area contributed by atoms with Gasteiger partial charge >= 0.3 is 0 Å². The van der Waals surface area contributed by atoms with E-state index in [0.717, 1.165) is 28.2 Å². The first-order valence-electron chi connectivity index (χ1n) is 11.5. The molecule has 2 heterocycles. The van der Waals surface area contributed by atoms with Crippen LogP contribution in [-0.2, 0) is 16.8 Å². The van der Waals surface area contributed by atoms with Crippen molar-refractivity contribution in [2.75, 3.05) is 18.4 Å². The number of carbonyl (C=O) groups is 1. The van der Waals surface area contributed by atoms with Crippen molar-refractivity contribution in [2.24, 2.45) is 5.92 Å². The van der Waals surface area contributed by atoms with E-state index in [2.05, 4.69) is 73.2 Å². The largest absolute Gasteiger partial charge is 0.299 e. The normalized spacial score (nSPS) is 16.1. The van der Waals surface area contributed by atoms with Gasteiger partial charge in [0.25, 0.3) is 0 Å². The van der Waals surface area contributed by atoms with E-state index in [-0.39, 0.29) is 11.3 Å². The molecule has 4 nitrogen and oxygen atoms in total. The molecule has 0 aliphatic carbocycles. The highest BCUT2D eigenvalue weighted by molar-refractivity contribution is 7.22. The number of aromatic nitrogens is 1. The molecule has 0 spiro atoms. The van der Waals surface area contributed by atoms with Crippen LogP contribution in [0.25, 0.3) is 16.3 Å². The van der Waals surface area contributed by atoms with Crippen molar-refractivity contribution >= 4 is 38.7 Å². The minimum Gasteiger partial charge on any atom is -0.299 e. The zero-order valence-corrected chi connectivity index (χ0v) is 20.3. The van der Waals surface area contributed by atoms with Crippen molar-refractivity contribution in [2.45, 2.75) is 52.5 Å². The molecule has 168 valence electrons. The Hall–Kier alpha value is -2.50. The SMILES string of the molecule is CC1CCN(Cc2ccc3nc(NC(=O)/C=C/c4ccc(C(C)(C)C)cc4)sc3c2)CC1. The van der Waals surface area contributed by atoms with Gasteiger partial charge in [-0.15, -0.1) is 0 Å². The fraction of sp³-hybridized carbons (Fsp3) is 0.407. The van der Waals surface area contributed by atoms with Gasteiger partial charge in [0.15, 0.2) is 5.13 Å². The summed E-state index contributed by atoms with van der Waals surface area (Å²) in [4.78, 5) is 19.5. The number of hydrogen-bond donors (Lipinski definition) is 1. The third-order valence-corrected chi connectivity index (χ3v) is 7.10. The second kappa shape index (κ2) is 9.55. The molecule has 1 saturated heterocycles. The summed E-state index contributed by atoms with van der Waals surface area (Å²) in [5.74, 6) is 0.685. The smallest absolute Gasteiger partial charge is 0.250 e. The van der Waals surface area contributed by atoms with Crippen LogP contribution in [-0.4, -0.2) is 28.9 Å². The van der Waals surface area contributed by atoms with Gasteiger partial charge in [-0.25, -0.2) is 4.98 Å². The van der Waals surface area contributed by atoms with Crippen molar-refractivity contribution in [3.8, 4) is 0 Å². The predicted molar refractivity (Wildman–Crippen MR) is 136 cm³/mol. The number of nitrogens with one attached hydrogen (secondary N) is 1. The summed E-state index contributed by atoms with van der Waals surface area (Å²) >= 11 is 1.53. The van der Waals surface area contributed by atoms with Crippen molar-refractivity contribution in [3.63, 3.8) is 0 Å². The van der Waals surface area contributed by atoms with Crippen molar-refractivity contribution in [1.82, 2.24) is 9.88 Å². The standard InChI is InChI=1S/C27H33N3OS/c1-19-13-15-30(16-14-19)18-21-7-11-23-24(17-21)32-26(28-23)29-25(31)12-8-20-5-9-22(10-6-20)27(2,3)4/h5-12,17,19H,13-16,18H2,1-4H3,(H,28,29,31)/b12-8+. The molecule has 3 aromatic rings. The highest BCUT2D eigenvalue weighted by Crippen LogP contribution is 2.28. The van der Waals surface area contributed by atoms with Crippen LogP contribution in [0.5, 0.6) is 0 Å². The van der Waals surface area contributed by atoms with Crippen LogP contribution in [0.15, 0.2) is 48.5 Å². The molecule has 1 amide bonds. The molecule has 1 aliphatic rings. The lowest BCUT2D eigenvalue weighted by Gasteiger charge is -2.30. The number of fused-ring (bicyclic) bond motifs is 1. The van der Waals surface area contributed by atoms with E-state index in [1.807, 2.05) is 18.2 Å². The maximum Gasteiger partial charge on any atom is 0.250 e. The molecule has 5 heteroatoms. The van der Waals surface area contributed by atoms with E-state index in [1.54, 1.807) is 6.08 Å². The third-order valence-electron chi connectivity index (χ3n) is 6.17. The number of likely N-dealkylation sites (tertiary alicyclic amines) is 1. The Balaban J connectivity index is 1.37. The number of nitrogens with zero attached hydrogens (tertiary/aromatic N) is 2. The van der Waals surface area contributed by atoms with Crippen LogP contribution in [0, 0.1) is 5.92 Å². The summed E-state index contributed by atoms with van der Waals surface area (Å²) in [7, 11) is 0. The van der Waals surface area contributed by atoms with Crippen molar-refractivity contribution < 1.29 is 4.79 Å². The van der Waals surface area contributed by atoms with Gasteiger partial charge in [-0.1, -0.05) is 69.4 Å². The Morgan fingerprint density at radius 2 is 1.88 bits per heavy atom. The van der Waals surface area contributed by atoms with Gasteiger partial charge in [0.05, 0.1) is 10.2 Å². The molecular formula is C27H33N3OS. The summed E-state index contributed by atoms with van der Waals surface area (Å²) < 4.78 is 1.12. The number of benzene rings is 2. The monoisotopic (exact) mass is 447 g/mol. The van der Waals surface area contributed by atoms with Crippen LogP contribution >= 0.6 is 11.3 Å². The highest BCUT2D eigenvalue weighted by Gasteiger charge is 2.16. The lowest BCUT2D eigenvalue weighted by molar-refractivity contribution is -0.111. The second-order valence-electron chi connectivity index (χ2n) is 9.97. The van der Waals surface area contributed by atoms with Crippen LogP contribution in [0.1, 0.15) is 57.2 Å². The van der Waals surface area contributed by atoms with Crippen molar-refractivity contribution in [1.29, 1.82) is 0 Å². The minimum atomic E-state index is -0.161. The van der Waals surface area contributed by atoms with Gasteiger partial charge in [0.1, 0.15) is 0 Å². The topological polar surface area (TPSA) is 45.2 Å². The number of carbonyl (C=O) groups excluding carboxylic acids is 1. The second-order valence-corrected chi connectivity index (χ2v) is 11.0. The quantitative estimate of drug-likeness (QED) is 0.455. The fourth-order valence-corrected chi connectivity index (χ4v) is 4.94. The first kappa shape index (κ1) is 22.7. The van der Waals surface area contributed by atoms with Crippen LogP contribution < -0.4 is 5.32 Å². The summed E-state index contributed by atoms with van der Waals surface area (Å²) in [5.41, 5.74) is 4.66. The summed E-state index contributed by atoms with van der Waals surface area (Å²) in [5, 5.41) is 3.55. The Bertz CT molecular complexity index is 1100. The van der Waals surface area contributed by atoms with E-state index in [0.29, 0.717) is 5.13 Å². The van der Waals surface area contributed by atoms with E-state index in [9.17, 15) is 4.79 Å². The Morgan fingerprint density at radius 1 is 1.16 bits per heavy atom. The number of hydrogen-bond acceptors (Lipinski definition) is 4. The summed E-state index contributed by atoms with van der Waals surface area (Å²) in [6.07, 6.45) is 5.98. The fourth-order valence-electron chi connectivity index (χ4n) is 4.01. The molecule has 0 saturated carbocycles. The number of rotatable bonds is 5. The zero-order valence-electron chi connectivity index (χ0n) is 19.5. The van der Waals surface area contributed by atoms with Crippen LogP contribution in [0.4, 0.5) is 5.13 Å². The van der Waals surface area contributed by atoms with Gasteiger partial charge in [-0.3, -0.25) is 15.0 Å².